The van der Waals surface area contributed by atoms with Gasteiger partial charge in [0, 0.05) is 6.61 Å². The van der Waals surface area contributed by atoms with E-state index in [1.54, 1.807) is 6.07 Å². The average Bonchev–Trinajstić information content (AvgIpc) is 2.70. The van der Waals surface area contributed by atoms with E-state index >= 15 is 0 Å². The summed E-state index contributed by atoms with van der Waals surface area (Å²) in [6.45, 7) is 4.88. The maximum atomic E-state index is 14.4. The third kappa shape index (κ3) is 5.29. The normalized spacial score (nSPS) is 20.3. The summed E-state index contributed by atoms with van der Waals surface area (Å²) in [4.78, 5) is 0. The summed E-state index contributed by atoms with van der Waals surface area (Å²) in [5.74, 6) is 0.525. The lowest BCUT2D eigenvalue weighted by Crippen LogP contribution is -2.20. The summed E-state index contributed by atoms with van der Waals surface area (Å²) in [5, 5.41) is 0. The molecule has 0 aliphatic heterocycles. The van der Waals surface area contributed by atoms with Gasteiger partial charge < -0.3 is 4.74 Å². The molecule has 0 aromatic heterocycles. The molecule has 0 amide bonds. The van der Waals surface area contributed by atoms with Crippen molar-refractivity contribution in [3.05, 3.63) is 71.6 Å². The highest BCUT2D eigenvalue weighted by molar-refractivity contribution is 5.64. The lowest BCUT2D eigenvalue weighted by atomic mass is 9.82. The van der Waals surface area contributed by atoms with E-state index in [0.29, 0.717) is 12.0 Å². The van der Waals surface area contributed by atoms with Gasteiger partial charge >= 0.3 is 0 Å². The first kappa shape index (κ1) is 19.8. The van der Waals surface area contributed by atoms with E-state index in [4.69, 9.17) is 4.74 Å². The van der Waals surface area contributed by atoms with Crippen LogP contribution in [0.5, 0.6) is 0 Å². The second-order valence-electron chi connectivity index (χ2n) is 7.46. The van der Waals surface area contributed by atoms with Crippen LogP contribution in [-0.2, 0) is 11.2 Å². The largest absolute Gasteiger partial charge is 0.379 e. The van der Waals surface area contributed by atoms with Gasteiger partial charge in [0.1, 0.15) is 5.82 Å². The monoisotopic (exact) mass is 366 g/mol. The predicted molar refractivity (Wildman–Crippen MR) is 112 cm³/mol. The minimum Gasteiger partial charge on any atom is -0.379 e. The molecule has 3 rings (SSSR count). The fourth-order valence-electron chi connectivity index (χ4n) is 4.08. The molecule has 0 spiro atoms. The number of hydrogen-bond donors (Lipinski definition) is 0. The minimum absolute atomic E-state index is 0.102. The fraction of sp³-hybridized carbons (Fsp3) is 0.440. The van der Waals surface area contributed by atoms with E-state index in [1.165, 1.54) is 18.4 Å². The first-order valence-corrected chi connectivity index (χ1v) is 10.3. The van der Waals surface area contributed by atoms with Crippen LogP contribution in [-0.4, -0.2) is 12.7 Å². The van der Waals surface area contributed by atoms with Gasteiger partial charge in [-0.05, 0) is 86.6 Å². The Hall–Kier alpha value is -1.93. The highest BCUT2D eigenvalue weighted by Gasteiger charge is 2.22. The standard InChI is InChI=1S/C25H31FO/c1-3-5-6-7-22-12-13-23(18-25(22)26)21-10-8-19(9-11-21)20-14-16-24(17-15-20)27-4-2/h3,5,8-13,18,20,24H,4,6-7,14-17H2,1-2H3/b5-3+. The van der Waals surface area contributed by atoms with Crippen molar-refractivity contribution < 1.29 is 9.13 Å². The Balaban J connectivity index is 1.64. The molecule has 0 unspecified atom stereocenters. The molecule has 0 bridgehead atoms. The molecule has 1 aliphatic carbocycles. The molecular formula is C25H31FO. The maximum Gasteiger partial charge on any atom is 0.127 e. The fourth-order valence-corrected chi connectivity index (χ4v) is 4.08. The third-order valence-corrected chi connectivity index (χ3v) is 5.66. The van der Waals surface area contributed by atoms with Crippen LogP contribution in [0.4, 0.5) is 4.39 Å². The number of hydrogen-bond acceptors (Lipinski definition) is 1. The summed E-state index contributed by atoms with van der Waals surface area (Å²) in [7, 11) is 0. The molecule has 0 N–H and O–H groups in total. The summed E-state index contributed by atoms with van der Waals surface area (Å²) >= 11 is 0. The predicted octanol–water partition coefficient (Wildman–Crippen LogP) is 7.06. The smallest absolute Gasteiger partial charge is 0.127 e. The zero-order valence-corrected chi connectivity index (χ0v) is 16.6. The average molecular weight is 367 g/mol. The number of rotatable bonds is 7. The van der Waals surface area contributed by atoms with Gasteiger partial charge in [-0.2, -0.15) is 0 Å². The SMILES string of the molecule is C/C=C/CCc1ccc(-c2ccc(C3CCC(OCC)CC3)cc2)cc1F. The van der Waals surface area contributed by atoms with Crippen molar-refractivity contribution in [1.82, 2.24) is 0 Å². The van der Waals surface area contributed by atoms with Crippen molar-refractivity contribution in [3.8, 4) is 11.1 Å². The summed E-state index contributed by atoms with van der Waals surface area (Å²) in [6, 6.07) is 14.4. The van der Waals surface area contributed by atoms with Crippen LogP contribution in [0.15, 0.2) is 54.6 Å². The second kappa shape index (κ2) is 9.85. The van der Waals surface area contributed by atoms with Gasteiger partial charge in [-0.25, -0.2) is 4.39 Å². The van der Waals surface area contributed by atoms with Crippen LogP contribution >= 0.6 is 0 Å². The highest BCUT2D eigenvalue weighted by atomic mass is 19.1. The number of benzene rings is 2. The van der Waals surface area contributed by atoms with Gasteiger partial charge in [-0.1, -0.05) is 48.6 Å². The van der Waals surface area contributed by atoms with Crippen LogP contribution in [0, 0.1) is 5.82 Å². The van der Waals surface area contributed by atoms with Crippen LogP contribution in [0.1, 0.15) is 63.0 Å². The Bertz CT molecular complexity index is 739. The molecule has 1 fully saturated rings. The van der Waals surface area contributed by atoms with Crippen molar-refractivity contribution >= 4 is 0 Å². The Morgan fingerprint density at radius 2 is 1.70 bits per heavy atom. The van der Waals surface area contributed by atoms with E-state index in [1.807, 2.05) is 25.1 Å². The molecule has 1 aliphatic rings. The van der Waals surface area contributed by atoms with Gasteiger partial charge in [0.15, 0.2) is 0 Å². The van der Waals surface area contributed by atoms with Crippen LogP contribution in [0.25, 0.3) is 11.1 Å². The van der Waals surface area contributed by atoms with Crippen LogP contribution in [0.2, 0.25) is 0 Å². The Morgan fingerprint density at radius 3 is 2.33 bits per heavy atom. The van der Waals surface area contributed by atoms with Crippen molar-refractivity contribution in [1.29, 1.82) is 0 Å². The topological polar surface area (TPSA) is 9.23 Å². The number of ether oxygens (including phenoxy) is 1. The first-order chi connectivity index (χ1) is 13.2. The van der Waals surface area contributed by atoms with Gasteiger partial charge in [0.2, 0.25) is 0 Å². The van der Waals surface area contributed by atoms with Gasteiger partial charge in [0.05, 0.1) is 6.10 Å². The molecular weight excluding hydrogens is 335 g/mol. The van der Waals surface area contributed by atoms with Crippen LogP contribution in [0.3, 0.4) is 0 Å². The molecule has 2 aromatic carbocycles. The molecule has 144 valence electrons. The van der Waals surface area contributed by atoms with Gasteiger partial charge in [0.25, 0.3) is 0 Å². The van der Waals surface area contributed by atoms with Crippen molar-refractivity contribution in [3.63, 3.8) is 0 Å². The molecule has 1 saturated carbocycles. The van der Waals surface area contributed by atoms with Crippen molar-refractivity contribution in [2.75, 3.05) is 6.61 Å². The van der Waals surface area contributed by atoms with E-state index in [2.05, 4.69) is 37.3 Å². The molecule has 0 atom stereocenters. The highest BCUT2D eigenvalue weighted by Crippen LogP contribution is 2.35. The maximum absolute atomic E-state index is 14.4. The van der Waals surface area contributed by atoms with Crippen molar-refractivity contribution in [2.45, 2.75) is 64.4 Å². The molecule has 0 radical (unpaired) electrons. The third-order valence-electron chi connectivity index (χ3n) is 5.66. The second-order valence-corrected chi connectivity index (χ2v) is 7.46. The molecule has 0 heterocycles. The number of halogens is 1. The number of aryl methyl sites for hydroxylation is 1. The zero-order valence-electron chi connectivity index (χ0n) is 16.6. The lowest BCUT2D eigenvalue weighted by molar-refractivity contribution is 0.0328. The van der Waals surface area contributed by atoms with Crippen LogP contribution < -0.4 is 0 Å². The van der Waals surface area contributed by atoms with E-state index in [-0.39, 0.29) is 5.82 Å². The van der Waals surface area contributed by atoms with Gasteiger partial charge in [-0.15, -0.1) is 0 Å². The molecule has 0 saturated heterocycles. The summed E-state index contributed by atoms with van der Waals surface area (Å²) in [5.41, 5.74) is 4.23. The van der Waals surface area contributed by atoms with E-state index in [0.717, 1.165) is 49.0 Å². The molecule has 27 heavy (non-hydrogen) atoms. The van der Waals surface area contributed by atoms with E-state index < -0.39 is 0 Å². The summed E-state index contributed by atoms with van der Waals surface area (Å²) < 4.78 is 20.2. The van der Waals surface area contributed by atoms with Crippen molar-refractivity contribution in [2.24, 2.45) is 0 Å². The molecule has 2 heteroatoms. The van der Waals surface area contributed by atoms with Gasteiger partial charge in [-0.3, -0.25) is 0 Å². The molecule has 1 nitrogen and oxygen atoms in total. The molecule has 2 aromatic rings. The number of allylic oxidation sites excluding steroid dienone is 2. The minimum atomic E-state index is -0.102. The van der Waals surface area contributed by atoms with E-state index in [9.17, 15) is 4.39 Å². The first-order valence-electron chi connectivity index (χ1n) is 10.3. The zero-order chi connectivity index (χ0) is 19.1. The summed E-state index contributed by atoms with van der Waals surface area (Å²) in [6.07, 6.45) is 10.9. The lowest BCUT2D eigenvalue weighted by Gasteiger charge is -2.28. The quantitative estimate of drug-likeness (QED) is 0.476. The Labute approximate surface area is 163 Å². The Morgan fingerprint density at radius 1 is 1.00 bits per heavy atom. The Kier molecular flexibility index (Phi) is 7.23.